The summed E-state index contributed by atoms with van der Waals surface area (Å²) >= 11 is 0. The van der Waals surface area contributed by atoms with Gasteiger partial charge < -0.3 is 15.2 Å². The summed E-state index contributed by atoms with van der Waals surface area (Å²) in [6.45, 7) is 0.588. The van der Waals surface area contributed by atoms with E-state index in [-0.39, 0.29) is 18.9 Å². The van der Waals surface area contributed by atoms with Crippen LogP contribution >= 0.6 is 0 Å². The second-order valence-corrected chi connectivity index (χ2v) is 6.55. The minimum atomic E-state index is -0.802. The fraction of sp³-hybridized carbons (Fsp3) is 0.579. The molecule has 2 rings (SSSR count). The molecular formula is C19H27NO4. The van der Waals surface area contributed by atoms with Crippen molar-refractivity contribution < 1.29 is 19.4 Å². The zero-order valence-corrected chi connectivity index (χ0v) is 14.1. The van der Waals surface area contributed by atoms with Crippen molar-refractivity contribution in [2.75, 3.05) is 6.54 Å². The van der Waals surface area contributed by atoms with E-state index in [1.165, 1.54) is 12.8 Å². The maximum atomic E-state index is 11.9. The molecule has 132 valence electrons. The van der Waals surface area contributed by atoms with Gasteiger partial charge in [0.2, 0.25) is 0 Å². The van der Waals surface area contributed by atoms with Crippen LogP contribution in [0.2, 0.25) is 0 Å². The monoisotopic (exact) mass is 333 g/mol. The minimum absolute atomic E-state index is 0.0233. The van der Waals surface area contributed by atoms with Crippen molar-refractivity contribution in [3.05, 3.63) is 35.9 Å². The van der Waals surface area contributed by atoms with Gasteiger partial charge in [0.25, 0.3) is 0 Å². The highest BCUT2D eigenvalue weighted by molar-refractivity contribution is 5.68. The van der Waals surface area contributed by atoms with E-state index in [0.717, 1.165) is 31.2 Å². The normalized spacial score (nSPS) is 16.8. The van der Waals surface area contributed by atoms with E-state index in [1.807, 2.05) is 30.3 Å². The number of aliphatic carboxylic acids is 1. The quantitative estimate of drug-likeness (QED) is 0.740. The van der Waals surface area contributed by atoms with Crippen LogP contribution < -0.4 is 5.32 Å². The number of benzene rings is 1. The van der Waals surface area contributed by atoms with Crippen molar-refractivity contribution >= 4 is 12.1 Å². The Balaban J connectivity index is 1.80. The first-order valence-corrected chi connectivity index (χ1v) is 8.81. The summed E-state index contributed by atoms with van der Waals surface area (Å²) in [6.07, 6.45) is 6.48. The standard InChI is InChI=1S/C19H27NO4/c21-18(22)12-17(16-10-6-1-2-7-11-16)13-20-19(23)24-14-15-8-4-3-5-9-15/h3-5,8-9,16-17H,1-2,6-7,10-14H2,(H,20,23)(H,21,22)/t17-/m0/s1. The van der Waals surface area contributed by atoms with Crippen LogP contribution in [0, 0.1) is 11.8 Å². The second kappa shape index (κ2) is 9.96. The molecule has 0 radical (unpaired) electrons. The van der Waals surface area contributed by atoms with Crippen LogP contribution in [0.1, 0.15) is 50.5 Å². The Hall–Kier alpha value is -2.04. The fourth-order valence-electron chi connectivity index (χ4n) is 3.40. The molecular weight excluding hydrogens is 306 g/mol. The van der Waals surface area contributed by atoms with Gasteiger partial charge >= 0.3 is 12.1 Å². The van der Waals surface area contributed by atoms with Crippen molar-refractivity contribution in [3.8, 4) is 0 Å². The number of hydrogen-bond acceptors (Lipinski definition) is 3. The van der Waals surface area contributed by atoms with Gasteiger partial charge in [-0.3, -0.25) is 4.79 Å². The Labute approximate surface area is 143 Å². The molecule has 1 fully saturated rings. The zero-order chi connectivity index (χ0) is 17.2. The summed E-state index contributed by atoms with van der Waals surface area (Å²) in [4.78, 5) is 23.0. The molecule has 1 amide bonds. The Bertz CT molecular complexity index is 509. The molecule has 0 heterocycles. The third-order valence-corrected chi connectivity index (χ3v) is 4.72. The Morgan fingerprint density at radius 1 is 1.12 bits per heavy atom. The van der Waals surface area contributed by atoms with Gasteiger partial charge in [-0.15, -0.1) is 0 Å². The van der Waals surface area contributed by atoms with Crippen molar-refractivity contribution in [2.45, 2.75) is 51.6 Å². The third kappa shape index (κ3) is 6.60. The lowest BCUT2D eigenvalue weighted by Gasteiger charge is -2.25. The van der Waals surface area contributed by atoms with Crippen molar-refractivity contribution in [1.82, 2.24) is 5.32 Å². The predicted octanol–water partition coefficient (Wildman–Crippen LogP) is 3.97. The first-order chi connectivity index (χ1) is 11.6. The number of alkyl carbamates (subject to hydrolysis) is 1. The molecule has 1 aromatic rings. The van der Waals surface area contributed by atoms with Gasteiger partial charge in [0.05, 0.1) is 6.42 Å². The topological polar surface area (TPSA) is 75.6 Å². The predicted molar refractivity (Wildman–Crippen MR) is 91.6 cm³/mol. The smallest absolute Gasteiger partial charge is 0.407 e. The number of carbonyl (C=O) groups is 2. The largest absolute Gasteiger partial charge is 0.481 e. The molecule has 1 aliphatic rings. The summed E-state index contributed by atoms with van der Waals surface area (Å²) in [5, 5.41) is 11.9. The van der Waals surface area contributed by atoms with Gasteiger partial charge in [-0.25, -0.2) is 4.79 Å². The number of carboxylic acids is 1. The van der Waals surface area contributed by atoms with Crippen LogP contribution in [0.15, 0.2) is 30.3 Å². The molecule has 0 aliphatic heterocycles. The summed E-state index contributed by atoms with van der Waals surface area (Å²) in [5.41, 5.74) is 0.929. The van der Waals surface area contributed by atoms with Crippen LogP contribution in [-0.4, -0.2) is 23.7 Å². The van der Waals surface area contributed by atoms with Crippen LogP contribution in [0.3, 0.4) is 0 Å². The number of amides is 1. The maximum Gasteiger partial charge on any atom is 0.407 e. The number of rotatable bonds is 7. The van der Waals surface area contributed by atoms with E-state index < -0.39 is 12.1 Å². The Kier molecular flexibility index (Phi) is 7.59. The lowest BCUT2D eigenvalue weighted by atomic mass is 9.84. The third-order valence-electron chi connectivity index (χ3n) is 4.72. The van der Waals surface area contributed by atoms with Gasteiger partial charge in [-0.1, -0.05) is 68.9 Å². The minimum Gasteiger partial charge on any atom is -0.481 e. The van der Waals surface area contributed by atoms with Crippen LogP contribution in [-0.2, 0) is 16.1 Å². The Morgan fingerprint density at radius 2 is 1.79 bits per heavy atom. The highest BCUT2D eigenvalue weighted by atomic mass is 16.5. The molecule has 0 saturated heterocycles. The van der Waals surface area contributed by atoms with Crippen molar-refractivity contribution in [3.63, 3.8) is 0 Å². The first-order valence-electron chi connectivity index (χ1n) is 8.81. The number of carbonyl (C=O) groups excluding carboxylic acids is 1. The van der Waals surface area contributed by atoms with Gasteiger partial charge in [-0.05, 0) is 17.4 Å². The zero-order valence-electron chi connectivity index (χ0n) is 14.1. The average molecular weight is 333 g/mol. The van der Waals surface area contributed by atoms with E-state index in [0.29, 0.717) is 12.5 Å². The Morgan fingerprint density at radius 3 is 2.42 bits per heavy atom. The molecule has 0 aromatic heterocycles. The second-order valence-electron chi connectivity index (χ2n) is 6.55. The molecule has 5 nitrogen and oxygen atoms in total. The highest BCUT2D eigenvalue weighted by Crippen LogP contribution is 2.30. The van der Waals surface area contributed by atoms with Gasteiger partial charge in [0, 0.05) is 6.54 Å². The van der Waals surface area contributed by atoms with E-state index in [2.05, 4.69) is 5.32 Å². The molecule has 0 bridgehead atoms. The molecule has 1 aromatic carbocycles. The van der Waals surface area contributed by atoms with E-state index in [9.17, 15) is 9.59 Å². The summed E-state index contributed by atoms with van der Waals surface area (Å²) in [7, 11) is 0. The number of hydrogen-bond donors (Lipinski definition) is 2. The molecule has 1 aliphatic carbocycles. The first kappa shape index (κ1) is 18.3. The van der Waals surface area contributed by atoms with Gasteiger partial charge in [-0.2, -0.15) is 0 Å². The summed E-state index contributed by atoms with van der Waals surface area (Å²) in [6, 6.07) is 9.49. The van der Waals surface area contributed by atoms with E-state index >= 15 is 0 Å². The molecule has 0 spiro atoms. The summed E-state index contributed by atoms with van der Waals surface area (Å²) in [5.74, 6) is -0.452. The van der Waals surface area contributed by atoms with Crippen LogP contribution in [0.4, 0.5) is 4.79 Å². The molecule has 1 atom stereocenters. The van der Waals surface area contributed by atoms with Crippen LogP contribution in [0.25, 0.3) is 0 Å². The average Bonchev–Trinajstić information content (AvgIpc) is 2.86. The SMILES string of the molecule is O=C(O)C[C@@H](CNC(=O)OCc1ccccc1)C1CCCCCC1. The maximum absolute atomic E-state index is 11.9. The molecule has 2 N–H and O–H groups in total. The number of nitrogens with one attached hydrogen (secondary N) is 1. The van der Waals surface area contributed by atoms with E-state index in [4.69, 9.17) is 9.84 Å². The fourth-order valence-corrected chi connectivity index (χ4v) is 3.40. The highest BCUT2D eigenvalue weighted by Gasteiger charge is 2.25. The number of carboxylic acid groups (broad SMARTS) is 1. The molecule has 24 heavy (non-hydrogen) atoms. The lowest BCUT2D eigenvalue weighted by molar-refractivity contribution is -0.138. The summed E-state index contributed by atoms with van der Waals surface area (Å²) < 4.78 is 5.20. The van der Waals surface area contributed by atoms with Crippen molar-refractivity contribution in [2.24, 2.45) is 11.8 Å². The van der Waals surface area contributed by atoms with E-state index in [1.54, 1.807) is 0 Å². The van der Waals surface area contributed by atoms with Gasteiger partial charge in [0.1, 0.15) is 6.61 Å². The van der Waals surface area contributed by atoms with Crippen LogP contribution in [0.5, 0.6) is 0 Å². The number of ether oxygens (including phenoxy) is 1. The van der Waals surface area contributed by atoms with Crippen molar-refractivity contribution in [1.29, 1.82) is 0 Å². The molecule has 5 heteroatoms. The lowest BCUT2D eigenvalue weighted by Crippen LogP contribution is -2.34. The molecule has 0 unspecified atom stereocenters. The molecule has 1 saturated carbocycles. The van der Waals surface area contributed by atoms with Gasteiger partial charge in [0.15, 0.2) is 0 Å².